The quantitative estimate of drug-likeness (QED) is 0.514. The summed E-state index contributed by atoms with van der Waals surface area (Å²) < 4.78 is 0. The molecular formula is C24H29N7. The number of anilines is 3. The van der Waals surface area contributed by atoms with Gasteiger partial charge >= 0.3 is 0 Å². The Bertz CT molecular complexity index is 1050. The van der Waals surface area contributed by atoms with Crippen LogP contribution in [0.15, 0.2) is 42.6 Å². The predicted octanol–water partition coefficient (Wildman–Crippen LogP) is 4.05. The molecule has 1 fully saturated rings. The van der Waals surface area contributed by atoms with E-state index in [1.54, 1.807) is 0 Å². The van der Waals surface area contributed by atoms with Crippen molar-refractivity contribution in [3.63, 3.8) is 0 Å². The lowest BCUT2D eigenvalue weighted by Crippen LogP contribution is -2.32. The van der Waals surface area contributed by atoms with Crippen molar-refractivity contribution >= 4 is 17.5 Å². The van der Waals surface area contributed by atoms with Crippen LogP contribution in [0.25, 0.3) is 0 Å². The van der Waals surface area contributed by atoms with Crippen LogP contribution < -0.4 is 15.5 Å². The molecule has 1 aliphatic rings. The Morgan fingerprint density at radius 2 is 2.16 bits per heavy atom. The molecule has 0 bridgehead atoms. The fourth-order valence-electron chi connectivity index (χ4n) is 3.90. The van der Waals surface area contributed by atoms with Crippen molar-refractivity contribution in [2.75, 3.05) is 23.3 Å². The third-order valence-electron chi connectivity index (χ3n) is 5.64. The van der Waals surface area contributed by atoms with Gasteiger partial charge in [0.25, 0.3) is 0 Å². The van der Waals surface area contributed by atoms with E-state index in [4.69, 9.17) is 9.97 Å². The van der Waals surface area contributed by atoms with Gasteiger partial charge in [0.2, 0.25) is 5.95 Å². The summed E-state index contributed by atoms with van der Waals surface area (Å²) in [5.41, 5.74) is 4.68. The van der Waals surface area contributed by atoms with Crippen LogP contribution in [0, 0.1) is 18.3 Å². The van der Waals surface area contributed by atoms with E-state index in [9.17, 15) is 5.26 Å². The van der Waals surface area contributed by atoms with Gasteiger partial charge in [-0.05, 0) is 49.6 Å². The fourth-order valence-corrected chi connectivity index (χ4v) is 3.90. The first-order chi connectivity index (χ1) is 15.1. The third-order valence-corrected chi connectivity index (χ3v) is 5.64. The average Bonchev–Trinajstić information content (AvgIpc) is 3.46. The summed E-state index contributed by atoms with van der Waals surface area (Å²) in [5, 5.41) is 16.3. The van der Waals surface area contributed by atoms with Crippen molar-refractivity contribution < 1.29 is 0 Å². The Kier molecular flexibility index (Phi) is 6.48. The Hall–Kier alpha value is -3.37. The van der Waals surface area contributed by atoms with Crippen LogP contribution in [0.2, 0.25) is 0 Å². The van der Waals surface area contributed by atoms with Gasteiger partial charge in [-0.15, -0.1) is 0 Å². The monoisotopic (exact) mass is 415 g/mol. The van der Waals surface area contributed by atoms with Gasteiger partial charge in [0, 0.05) is 55.0 Å². The largest absolute Gasteiger partial charge is 0.364 e. The van der Waals surface area contributed by atoms with Crippen molar-refractivity contribution in [3.8, 4) is 6.07 Å². The zero-order valence-electron chi connectivity index (χ0n) is 18.2. The van der Waals surface area contributed by atoms with E-state index in [-0.39, 0.29) is 0 Å². The summed E-state index contributed by atoms with van der Waals surface area (Å²) in [6, 6.07) is 14.7. The standard InChI is InChI=1S/C24H29N7/c1-3-5-19-13-23(31-11-9-22(16-31)27-15-21-6-4-10-26-21)30-24(28-19)29-20-8-7-17(2)18(12-20)14-25/h4,6-8,10,12-13,22,26-27H,3,5,9,11,15-16H2,1-2H3,(H,28,29,30)/t22-/m0/s1. The number of nitriles is 1. The number of benzene rings is 1. The Morgan fingerprint density at radius 1 is 1.26 bits per heavy atom. The van der Waals surface area contributed by atoms with Crippen molar-refractivity contribution in [1.82, 2.24) is 20.3 Å². The molecule has 0 spiro atoms. The maximum absolute atomic E-state index is 9.32. The van der Waals surface area contributed by atoms with Crippen LogP contribution in [0.4, 0.5) is 17.5 Å². The highest BCUT2D eigenvalue weighted by molar-refractivity contribution is 5.59. The molecule has 1 aromatic carbocycles. The lowest BCUT2D eigenvalue weighted by molar-refractivity contribution is 0.546. The number of hydrogen-bond acceptors (Lipinski definition) is 6. The highest BCUT2D eigenvalue weighted by Crippen LogP contribution is 2.24. The van der Waals surface area contributed by atoms with Crippen molar-refractivity contribution in [3.05, 3.63) is 65.1 Å². The first-order valence-electron chi connectivity index (χ1n) is 10.9. The molecule has 0 radical (unpaired) electrons. The lowest BCUT2D eigenvalue weighted by Gasteiger charge is -2.20. The van der Waals surface area contributed by atoms with Crippen molar-refractivity contribution in [2.45, 2.75) is 45.7 Å². The molecule has 0 unspecified atom stereocenters. The Labute approximate surface area is 183 Å². The molecule has 160 valence electrons. The zero-order valence-corrected chi connectivity index (χ0v) is 18.2. The number of aryl methyl sites for hydroxylation is 2. The van der Waals surface area contributed by atoms with Crippen LogP contribution in [0.3, 0.4) is 0 Å². The predicted molar refractivity (Wildman–Crippen MR) is 123 cm³/mol. The number of nitrogens with zero attached hydrogens (tertiary/aromatic N) is 4. The second kappa shape index (κ2) is 9.63. The smallest absolute Gasteiger partial charge is 0.229 e. The minimum Gasteiger partial charge on any atom is -0.364 e. The van der Waals surface area contributed by atoms with E-state index >= 15 is 0 Å². The van der Waals surface area contributed by atoms with Gasteiger partial charge in [-0.25, -0.2) is 4.98 Å². The maximum Gasteiger partial charge on any atom is 0.229 e. The summed E-state index contributed by atoms with van der Waals surface area (Å²) in [5.74, 6) is 1.54. The first kappa shape index (κ1) is 20.9. The SMILES string of the molecule is CCCc1cc(N2CC[C@H](NCc3ccc[nH]3)C2)nc(Nc2ccc(C)c(C#N)c2)n1. The van der Waals surface area contributed by atoms with Crippen LogP contribution in [-0.2, 0) is 13.0 Å². The molecule has 1 aliphatic heterocycles. The molecule has 3 heterocycles. The Balaban J connectivity index is 1.48. The van der Waals surface area contributed by atoms with E-state index in [0.29, 0.717) is 17.6 Å². The zero-order chi connectivity index (χ0) is 21.6. The number of aromatic nitrogens is 3. The average molecular weight is 416 g/mol. The number of H-pyrrole nitrogens is 1. The summed E-state index contributed by atoms with van der Waals surface area (Å²) in [7, 11) is 0. The maximum atomic E-state index is 9.32. The van der Waals surface area contributed by atoms with E-state index in [2.05, 4.69) is 45.6 Å². The molecule has 0 amide bonds. The minimum atomic E-state index is 0.430. The van der Waals surface area contributed by atoms with Gasteiger partial charge in [0.1, 0.15) is 5.82 Å². The summed E-state index contributed by atoms with van der Waals surface area (Å²) in [6.45, 7) is 6.83. The second-order valence-corrected chi connectivity index (χ2v) is 8.07. The highest BCUT2D eigenvalue weighted by atomic mass is 15.3. The first-order valence-corrected chi connectivity index (χ1v) is 10.9. The molecule has 1 saturated heterocycles. The fraction of sp³-hybridized carbons (Fsp3) is 0.375. The summed E-state index contributed by atoms with van der Waals surface area (Å²) in [6.07, 6.45) is 4.97. The molecule has 7 heteroatoms. The number of nitrogens with one attached hydrogen (secondary N) is 3. The van der Waals surface area contributed by atoms with E-state index in [0.717, 1.165) is 61.7 Å². The molecule has 0 saturated carbocycles. The molecule has 2 aromatic heterocycles. The van der Waals surface area contributed by atoms with Gasteiger partial charge in [-0.1, -0.05) is 19.4 Å². The van der Waals surface area contributed by atoms with Gasteiger partial charge in [0.05, 0.1) is 11.6 Å². The van der Waals surface area contributed by atoms with E-state index in [1.807, 2.05) is 37.4 Å². The minimum absolute atomic E-state index is 0.430. The molecule has 7 nitrogen and oxygen atoms in total. The van der Waals surface area contributed by atoms with Crippen molar-refractivity contribution in [1.29, 1.82) is 5.26 Å². The topological polar surface area (TPSA) is 92.7 Å². The normalized spacial score (nSPS) is 15.8. The van der Waals surface area contributed by atoms with Crippen molar-refractivity contribution in [2.24, 2.45) is 0 Å². The summed E-state index contributed by atoms with van der Waals surface area (Å²) >= 11 is 0. The number of rotatable bonds is 8. The molecule has 31 heavy (non-hydrogen) atoms. The highest BCUT2D eigenvalue weighted by Gasteiger charge is 2.24. The summed E-state index contributed by atoms with van der Waals surface area (Å²) in [4.78, 5) is 15.1. The molecule has 3 aromatic rings. The molecule has 1 atom stereocenters. The third kappa shape index (κ3) is 5.22. The molecule has 0 aliphatic carbocycles. The Morgan fingerprint density at radius 3 is 2.94 bits per heavy atom. The van der Waals surface area contributed by atoms with Crippen LogP contribution in [-0.4, -0.2) is 34.1 Å². The van der Waals surface area contributed by atoms with Crippen LogP contribution in [0.5, 0.6) is 0 Å². The van der Waals surface area contributed by atoms with Gasteiger partial charge in [-0.3, -0.25) is 0 Å². The lowest BCUT2D eigenvalue weighted by atomic mass is 10.1. The second-order valence-electron chi connectivity index (χ2n) is 8.07. The van der Waals surface area contributed by atoms with Gasteiger partial charge < -0.3 is 20.5 Å². The number of aromatic amines is 1. The van der Waals surface area contributed by atoms with Gasteiger partial charge in [0.15, 0.2) is 0 Å². The molecular weight excluding hydrogens is 386 g/mol. The molecule has 3 N–H and O–H groups in total. The number of hydrogen-bond donors (Lipinski definition) is 3. The van der Waals surface area contributed by atoms with E-state index in [1.165, 1.54) is 5.69 Å². The van der Waals surface area contributed by atoms with Crippen LogP contribution >= 0.6 is 0 Å². The molecule has 4 rings (SSSR count). The van der Waals surface area contributed by atoms with Crippen LogP contribution in [0.1, 0.15) is 42.3 Å². The van der Waals surface area contributed by atoms with Gasteiger partial charge in [-0.2, -0.15) is 10.2 Å². The van der Waals surface area contributed by atoms with E-state index < -0.39 is 0 Å².